The lowest BCUT2D eigenvalue weighted by Crippen LogP contribution is -2.32. The van der Waals surface area contributed by atoms with Crippen LogP contribution in [0.25, 0.3) is 10.9 Å². The van der Waals surface area contributed by atoms with Crippen LogP contribution in [0.3, 0.4) is 0 Å². The maximum Gasteiger partial charge on any atom is 0.310 e. The fraction of sp³-hybridized carbons (Fsp3) is 0.348. The zero-order valence-corrected chi connectivity index (χ0v) is 16.1. The van der Waals surface area contributed by atoms with Crippen LogP contribution in [0, 0.1) is 5.92 Å². The topological polar surface area (TPSA) is 54.1 Å². The Morgan fingerprint density at radius 1 is 1.11 bits per heavy atom. The van der Waals surface area contributed by atoms with Gasteiger partial charge in [-0.1, -0.05) is 48.5 Å². The molecule has 0 fully saturated rings. The largest absolute Gasteiger partial charge is 0.466 e. The van der Waals surface area contributed by atoms with Crippen molar-refractivity contribution in [3.05, 3.63) is 71.9 Å². The Hall–Kier alpha value is -2.59. The molecule has 0 saturated carbocycles. The number of esters is 1. The Bertz CT molecular complexity index is 857. The van der Waals surface area contributed by atoms with Gasteiger partial charge in [0.15, 0.2) is 0 Å². The molecule has 3 rings (SSSR count). The minimum Gasteiger partial charge on any atom is -0.466 e. The molecule has 3 aromatic rings. The summed E-state index contributed by atoms with van der Waals surface area (Å²) in [6.07, 6.45) is 3.65. The maximum absolute atomic E-state index is 12.4. The standard InChI is InChI=1S/C23H28N2O2/c1-3-27-23(26)20(16-24-17(2)18-9-5-4-6-10-18)14-13-19-15-25-22-12-8-7-11-21(19)22/h4-12,15,17,20,24-25H,3,13-14,16H2,1-2H3/t17-,20+/m0/s1. The second kappa shape index (κ2) is 9.38. The van der Waals surface area contributed by atoms with Gasteiger partial charge in [-0.25, -0.2) is 0 Å². The van der Waals surface area contributed by atoms with Gasteiger partial charge in [-0.15, -0.1) is 0 Å². The Labute approximate surface area is 160 Å². The predicted molar refractivity (Wildman–Crippen MR) is 110 cm³/mol. The highest BCUT2D eigenvalue weighted by Crippen LogP contribution is 2.21. The molecule has 0 aliphatic heterocycles. The molecule has 0 aliphatic rings. The van der Waals surface area contributed by atoms with Gasteiger partial charge in [0.1, 0.15) is 0 Å². The number of nitrogens with one attached hydrogen (secondary N) is 2. The van der Waals surface area contributed by atoms with Crippen molar-refractivity contribution in [1.82, 2.24) is 10.3 Å². The summed E-state index contributed by atoms with van der Waals surface area (Å²) < 4.78 is 5.31. The molecule has 0 unspecified atom stereocenters. The predicted octanol–water partition coefficient (Wildman–Crippen LogP) is 4.63. The molecule has 0 radical (unpaired) electrons. The molecule has 2 atom stereocenters. The molecule has 2 aromatic carbocycles. The first kappa shape index (κ1) is 19.2. The van der Waals surface area contributed by atoms with Crippen molar-refractivity contribution in [2.45, 2.75) is 32.7 Å². The van der Waals surface area contributed by atoms with Crippen LogP contribution in [0.15, 0.2) is 60.8 Å². The number of carbonyl (C=O) groups excluding carboxylic acids is 1. The van der Waals surface area contributed by atoms with Gasteiger partial charge in [-0.3, -0.25) is 4.79 Å². The summed E-state index contributed by atoms with van der Waals surface area (Å²) in [6, 6.07) is 18.7. The van der Waals surface area contributed by atoms with E-state index in [9.17, 15) is 4.79 Å². The smallest absolute Gasteiger partial charge is 0.310 e. The third-order valence-electron chi connectivity index (χ3n) is 5.03. The number of rotatable bonds is 9. The summed E-state index contributed by atoms with van der Waals surface area (Å²) in [5, 5.41) is 4.72. The summed E-state index contributed by atoms with van der Waals surface area (Å²) in [4.78, 5) is 15.8. The van der Waals surface area contributed by atoms with Gasteiger partial charge in [-0.2, -0.15) is 0 Å². The average molecular weight is 364 g/mol. The molecule has 2 N–H and O–H groups in total. The average Bonchev–Trinajstić information content (AvgIpc) is 3.12. The molecule has 0 saturated heterocycles. The summed E-state index contributed by atoms with van der Waals surface area (Å²) in [7, 11) is 0. The van der Waals surface area contributed by atoms with E-state index in [1.54, 1.807) is 0 Å². The van der Waals surface area contributed by atoms with Crippen molar-refractivity contribution in [2.75, 3.05) is 13.2 Å². The van der Waals surface area contributed by atoms with Crippen molar-refractivity contribution >= 4 is 16.9 Å². The van der Waals surface area contributed by atoms with Crippen LogP contribution in [0.4, 0.5) is 0 Å². The highest BCUT2D eigenvalue weighted by molar-refractivity contribution is 5.83. The molecule has 1 heterocycles. The Morgan fingerprint density at radius 2 is 1.85 bits per heavy atom. The van der Waals surface area contributed by atoms with Gasteiger partial charge < -0.3 is 15.0 Å². The first-order valence-electron chi connectivity index (χ1n) is 9.69. The summed E-state index contributed by atoms with van der Waals surface area (Å²) in [5.41, 5.74) is 3.60. The molecule has 0 aliphatic carbocycles. The van der Waals surface area contributed by atoms with E-state index in [0.29, 0.717) is 13.2 Å². The molecule has 0 bridgehead atoms. The van der Waals surface area contributed by atoms with Crippen molar-refractivity contribution < 1.29 is 9.53 Å². The van der Waals surface area contributed by atoms with Crippen LogP contribution in [0.1, 0.15) is 37.4 Å². The molecule has 4 heteroatoms. The van der Waals surface area contributed by atoms with Gasteiger partial charge in [-0.05, 0) is 43.9 Å². The molecule has 142 valence electrons. The second-order valence-electron chi connectivity index (χ2n) is 6.89. The number of hydrogen-bond acceptors (Lipinski definition) is 3. The summed E-state index contributed by atoms with van der Waals surface area (Å²) in [6.45, 7) is 5.00. The number of H-pyrrole nitrogens is 1. The van der Waals surface area contributed by atoms with Crippen molar-refractivity contribution in [1.29, 1.82) is 0 Å². The number of aryl methyl sites for hydroxylation is 1. The Morgan fingerprint density at radius 3 is 2.63 bits per heavy atom. The number of fused-ring (bicyclic) bond motifs is 1. The van der Waals surface area contributed by atoms with E-state index in [-0.39, 0.29) is 17.9 Å². The van der Waals surface area contributed by atoms with E-state index < -0.39 is 0 Å². The highest BCUT2D eigenvalue weighted by atomic mass is 16.5. The van der Waals surface area contributed by atoms with Crippen LogP contribution in [-0.4, -0.2) is 24.1 Å². The van der Waals surface area contributed by atoms with Crippen LogP contribution in [0.5, 0.6) is 0 Å². The van der Waals surface area contributed by atoms with E-state index in [0.717, 1.165) is 18.4 Å². The van der Waals surface area contributed by atoms with E-state index in [1.165, 1.54) is 16.5 Å². The molecule has 0 spiro atoms. The van der Waals surface area contributed by atoms with Crippen molar-refractivity contribution in [2.24, 2.45) is 5.92 Å². The number of ether oxygens (including phenoxy) is 1. The molecule has 4 nitrogen and oxygen atoms in total. The Kier molecular flexibility index (Phi) is 6.66. The zero-order valence-electron chi connectivity index (χ0n) is 16.1. The number of carbonyl (C=O) groups is 1. The number of aromatic amines is 1. The minimum atomic E-state index is -0.162. The minimum absolute atomic E-state index is 0.120. The van der Waals surface area contributed by atoms with Crippen LogP contribution in [-0.2, 0) is 16.0 Å². The number of para-hydroxylation sites is 1. The lowest BCUT2D eigenvalue weighted by Gasteiger charge is -2.20. The molecular formula is C23H28N2O2. The first-order chi connectivity index (χ1) is 13.2. The molecule has 1 aromatic heterocycles. The number of hydrogen-bond donors (Lipinski definition) is 2. The van der Waals surface area contributed by atoms with Crippen LogP contribution in [0.2, 0.25) is 0 Å². The fourth-order valence-corrected chi connectivity index (χ4v) is 3.41. The molecular weight excluding hydrogens is 336 g/mol. The van der Waals surface area contributed by atoms with Gasteiger partial charge >= 0.3 is 5.97 Å². The lowest BCUT2D eigenvalue weighted by atomic mass is 9.98. The maximum atomic E-state index is 12.4. The molecule has 0 amide bonds. The zero-order chi connectivity index (χ0) is 19.1. The quantitative estimate of drug-likeness (QED) is 0.544. The van der Waals surface area contributed by atoms with E-state index in [1.807, 2.05) is 43.5 Å². The van der Waals surface area contributed by atoms with E-state index in [2.05, 4.69) is 41.5 Å². The SMILES string of the molecule is CCOC(=O)[C@H](CCc1c[nH]c2ccccc12)CN[C@@H](C)c1ccccc1. The first-order valence-corrected chi connectivity index (χ1v) is 9.69. The monoisotopic (exact) mass is 364 g/mol. The van der Waals surface area contributed by atoms with Gasteiger partial charge in [0.05, 0.1) is 12.5 Å². The van der Waals surface area contributed by atoms with Gasteiger partial charge in [0.2, 0.25) is 0 Å². The molecule has 27 heavy (non-hydrogen) atoms. The lowest BCUT2D eigenvalue weighted by molar-refractivity contribution is -0.148. The van der Waals surface area contributed by atoms with E-state index >= 15 is 0 Å². The third kappa shape index (κ3) is 4.98. The fourth-order valence-electron chi connectivity index (χ4n) is 3.41. The van der Waals surface area contributed by atoms with Crippen molar-refractivity contribution in [3.63, 3.8) is 0 Å². The number of aromatic nitrogens is 1. The van der Waals surface area contributed by atoms with Crippen LogP contribution >= 0.6 is 0 Å². The second-order valence-corrected chi connectivity index (χ2v) is 6.89. The normalized spacial score (nSPS) is 13.4. The van der Waals surface area contributed by atoms with Crippen LogP contribution < -0.4 is 5.32 Å². The van der Waals surface area contributed by atoms with Gasteiger partial charge in [0, 0.05) is 29.7 Å². The van der Waals surface area contributed by atoms with Gasteiger partial charge in [0.25, 0.3) is 0 Å². The van der Waals surface area contributed by atoms with E-state index in [4.69, 9.17) is 4.74 Å². The van der Waals surface area contributed by atoms with Crippen molar-refractivity contribution in [3.8, 4) is 0 Å². The summed E-state index contributed by atoms with van der Waals surface area (Å²) in [5.74, 6) is -0.283. The Balaban J connectivity index is 1.63. The third-order valence-corrected chi connectivity index (χ3v) is 5.03. The highest BCUT2D eigenvalue weighted by Gasteiger charge is 2.21. The summed E-state index contributed by atoms with van der Waals surface area (Å²) >= 11 is 0. The number of benzene rings is 2.